The first-order chi connectivity index (χ1) is 33.0. The van der Waals surface area contributed by atoms with Crippen molar-refractivity contribution in [3.63, 3.8) is 0 Å². The average Bonchev–Trinajstić information content (AvgIpc) is 3.24. The van der Waals surface area contributed by atoms with Crippen molar-refractivity contribution in [3.05, 3.63) is 172 Å². The highest BCUT2D eigenvalue weighted by molar-refractivity contribution is 7.84. The first-order valence-electron chi connectivity index (χ1n) is 19.6. The van der Waals surface area contributed by atoms with Crippen LogP contribution in [-0.4, -0.2) is 21.6 Å². The molecule has 73 heavy (non-hydrogen) atoms. The molecule has 0 saturated heterocycles. The molecule has 0 fully saturated rings. The van der Waals surface area contributed by atoms with Crippen LogP contribution in [0.5, 0.6) is 0 Å². The SMILES string of the molecule is CS(=O)c1ccccc1C[n+]1ccncc1.FC(F)(F)c1cc([B-](c2cc(C(F)(F)F)cc(C(F)(F)F)c2)(c2cc(C(F)(F)F)cc(C(F)(F)F)c2)c2cc(C(F)(F)F)cc(C(F)(F)F)c2)cc(C(F)(F)F)c1. The lowest BCUT2D eigenvalue weighted by Crippen LogP contribution is -2.75. The van der Waals surface area contributed by atoms with Crippen LogP contribution >= 0.6 is 0 Å². The summed E-state index contributed by atoms with van der Waals surface area (Å²) >= 11 is 0. The molecule has 1 atom stereocenters. The Morgan fingerprint density at radius 3 is 0.849 bits per heavy atom. The zero-order chi connectivity index (χ0) is 55.3. The second-order valence-corrected chi connectivity index (χ2v) is 17.1. The maximum absolute atomic E-state index is 14.2. The van der Waals surface area contributed by atoms with Crippen molar-refractivity contribution in [2.75, 3.05) is 6.26 Å². The Balaban J connectivity index is 0.000000520. The third-order valence-electron chi connectivity index (χ3n) is 10.8. The van der Waals surface area contributed by atoms with Crippen LogP contribution in [0.1, 0.15) is 50.1 Å². The molecule has 1 heterocycles. The van der Waals surface area contributed by atoms with Gasteiger partial charge in [-0.1, -0.05) is 66.7 Å². The van der Waals surface area contributed by atoms with Gasteiger partial charge < -0.3 is 0 Å². The van der Waals surface area contributed by atoms with Gasteiger partial charge >= 0.3 is 49.4 Å². The van der Waals surface area contributed by atoms with E-state index in [0.29, 0.717) is 0 Å². The molecule has 0 spiro atoms. The van der Waals surface area contributed by atoms with Crippen LogP contribution < -0.4 is 26.4 Å². The first kappa shape index (κ1) is 57.6. The number of benzene rings is 5. The normalized spacial score (nSPS) is 13.9. The van der Waals surface area contributed by atoms with E-state index in [1.165, 1.54) is 0 Å². The predicted octanol–water partition coefficient (Wildman–Crippen LogP) is 12.4. The van der Waals surface area contributed by atoms with E-state index in [9.17, 15) is 110 Å². The summed E-state index contributed by atoms with van der Waals surface area (Å²) < 4.78 is 354. The summed E-state index contributed by atoms with van der Waals surface area (Å²) in [5.74, 6) is 0. The van der Waals surface area contributed by atoms with Gasteiger partial charge in [0.15, 0.2) is 18.9 Å². The number of aromatic nitrogens is 2. The van der Waals surface area contributed by atoms with Crippen molar-refractivity contribution in [1.82, 2.24) is 4.98 Å². The van der Waals surface area contributed by atoms with Crippen LogP contribution in [0.3, 0.4) is 0 Å². The number of halogens is 24. The molecular formula is C44H25BF24N2OS. The molecule has 0 aliphatic rings. The molecule has 0 N–H and O–H groups in total. The van der Waals surface area contributed by atoms with Crippen LogP contribution in [0, 0.1) is 0 Å². The minimum atomic E-state index is -6.13. The molecule has 1 unspecified atom stereocenters. The van der Waals surface area contributed by atoms with Crippen molar-refractivity contribution in [1.29, 1.82) is 0 Å². The second-order valence-electron chi connectivity index (χ2n) is 15.7. The Labute approximate surface area is 396 Å². The highest BCUT2D eigenvalue weighted by Gasteiger charge is 2.47. The molecule has 0 amide bonds. The van der Waals surface area contributed by atoms with Gasteiger partial charge in [-0.2, -0.15) is 132 Å². The van der Waals surface area contributed by atoms with E-state index in [4.69, 9.17) is 0 Å². The molecule has 0 bridgehead atoms. The Bertz CT molecular complexity index is 2530. The number of nitrogens with zero attached hydrogens (tertiary/aromatic N) is 2. The Kier molecular flexibility index (Phi) is 15.7. The summed E-state index contributed by atoms with van der Waals surface area (Å²) in [4.78, 5) is 4.86. The number of alkyl halides is 24. The summed E-state index contributed by atoms with van der Waals surface area (Å²) in [6.07, 6.45) is -45.8. The van der Waals surface area contributed by atoms with Gasteiger partial charge in [0.05, 0.1) is 67.7 Å². The molecule has 0 radical (unpaired) electrons. The molecule has 1 aromatic heterocycles. The second kappa shape index (κ2) is 19.9. The van der Waals surface area contributed by atoms with Crippen LogP contribution in [0.2, 0.25) is 0 Å². The molecule has 0 aliphatic heterocycles. The van der Waals surface area contributed by atoms with Crippen molar-refractivity contribution in [2.24, 2.45) is 0 Å². The van der Waals surface area contributed by atoms with E-state index < -0.39 is 206 Å². The fourth-order valence-electron chi connectivity index (χ4n) is 7.64. The van der Waals surface area contributed by atoms with Crippen LogP contribution in [-0.2, 0) is 66.8 Å². The molecule has 6 aromatic rings. The smallest absolute Gasteiger partial charge is 0.255 e. The van der Waals surface area contributed by atoms with Crippen molar-refractivity contribution < 1.29 is 114 Å². The lowest BCUT2D eigenvalue weighted by atomic mass is 9.12. The van der Waals surface area contributed by atoms with Crippen LogP contribution in [0.15, 0.2) is 127 Å². The van der Waals surface area contributed by atoms with Crippen molar-refractivity contribution >= 4 is 38.8 Å². The largest absolute Gasteiger partial charge is 0.416 e. The third-order valence-corrected chi connectivity index (χ3v) is 11.8. The van der Waals surface area contributed by atoms with Gasteiger partial charge in [-0.25, -0.2) is 0 Å². The minimum Gasteiger partial charge on any atom is -0.255 e. The summed E-state index contributed by atoms with van der Waals surface area (Å²) in [5.41, 5.74) is -29.1. The van der Waals surface area contributed by atoms with E-state index in [1.54, 1.807) is 18.6 Å². The third kappa shape index (κ3) is 13.5. The molecule has 6 rings (SSSR count). The van der Waals surface area contributed by atoms with Gasteiger partial charge in [-0.05, 0) is 30.3 Å². The molecule has 5 aromatic carbocycles. The lowest BCUT2D eigenvalue weighted by molar-refractivity contribution is -0.689. The van der Waals surface area contributed by atoms with Crippen molar-refractivity contribution in [2.45, 2.75) is 60.9 Å². The molecule has 3 nitrogen and oxygen atoms in total. The molecule has 0 aliphatic carbocycles. The van der Waals surface area contributed by atoms with Crippen LogP contribution in [0.4, 0.5) is 105 Å². The Hall–Kier alpha value is -6.29. The average molecular weight is 1100 g/mol. The summed E-state index contributed by atoms with van der Waals surface area (Å²) in [7, 11) is -0.943. The van der Waals surface area contributed by atoms with E-state index in [0.717, 1.165) is 17.0 Å². The standard InChI is InChI=1S/C32H12BF24.C12H13N2OS/c34-25(35,36)13-1-14(26(37,38)39)6-21(5-13)33(22-7-15(27(40,41)42)2-16(8-22)28(43,44)45,23-9-17(29(46,47)48)3-18(10-23)30(49,50)51)24-11-19(31(52,53)54)4-20(12-24)32(55,56)57;1-16(15)12-5-3-2-4-11(12)10-14-8-6-13-7-9-14/h1-12H;2-9H,10H2,1H3/q-1;+1. The zero-order valence-electron chi connectivity index (χ0n) is 35.6. The fourth-order valence-corrected chi connectivity index (χ4v) is 8.41. The van der Waals surface area contributed by atoms with Crippen LogP contribution in [0.25, 0.3) is 0 Å². The van der Waals surface area contributed by atoms with Gasteiger partial charge in [0, 0.05) is 16.7 Å². The summed E-state index contributed by atoms with van der Waals surface area (Å²) in [5, 5.41) is 0. The number of hydrogen-bond donors (Lipinski definition) is 0. The van der Waals surface area contributed by atoms with Gasteiger partial charge in [-0.15, -0.1) is 0 Å². The number of rotatable bonds is 7. The van der Waals surface area contributed by atoms with Crippen molar-refractivity contribution in [3.8, 4) is 0 Å². The topological polar surface area (TPSA) is 33.8 Å². The maximum atomic E-state index is 14.2. The maximum Gasteiger partial charge on any atom is 0.416 e. The fraction of sp³-hybridized carbons (Fsp3) is 0.227. The van der Waals surface area contributed by atoms with Gasteiger partial charge in [0.1, 0.15) is 6.15 Å². The van der Waals surface area contributed by atoms with E-state index in [1.807, 2.05) is 41.2 Å². The summed E-state index contributed by atoms with van der Waals surface area (Å²) in [6, 6.07) is -1.02. The molecule has 29 heteroatoms. The quantitative estimate of drug-likeness (QED) is 0.0907. The highest BCUT2D eigenvalue weighted by Crippen LogP contribution is 2.41. The first-order valence-corrected chi connectivity index (χ1v) is 21.2. The van der Waals surface area contributed by atoms with E-state index >= 15 is 0 Å². The van der Waals surface area contributed by atoms with Gasteiger partial charge in [0.25, 0.3) is 0 Å². The Morgan fingerprint density at radius 1 is 0.397 bits per heavy atom. The molecule has 0 saturated carbocycles. The number of hydrogen-bond acceptors (Lipinski definition) is 2. The van der Waals surface area contributed by atoms with E-state index in [2.05, 4.69) is 4.98 Å². The zero-order valence-corrected chi connectivity index (χ0v) is 36.4. The predicted molar refractivity (Wildman–Crippen MR) is 212 cm³/mol. The monoisotopic (exact) mass is 1100 g/mol. The Morgan fingerprint density at radius 2 is 0.630 bits per heavy atom. The molecule has 394 valence electrons. The summed E-state index contributed by atoms with van der Waals surface area (Å²) in [6.45, 7) is 0.721. The lowest BCUT2D eigenvalue weighted by Gasteiger charge is -2.46. The van der Waals surface area contributed by atoms with E-state index in [-0.39, 0.29) is 0 Å². The molecular weight excluding hydrogens is 1070 g/mol. The van der Waals surface area contributed by atoms with Gasteiger partial charge in [-0.3, -0.25) is 9.19 Å². The highest BCUT2D eigenvalue weighted by atomic mass is 32.2. The van der Waals surface area contributed by atoms with Gasteiger partial charge in [0.2, 0.25) is 0 Å². The minimum absolute atomic E-state index is 0.691.